The number of hydrogen-bond acceptors (Lipinski definition) is 12. The summed E-state index contributed by atoms with van der Waals surface area (Å²) in [7, 11) is 0. The molecule has 0 bridgehead atoms. The Morgan fingerprint density at radius 1 is 1.04 bits per heavy atom. The van der Waals surface area contributed by atoms with Crippen molar-refractivity contribution in [2.45, 2.75) is 91.6 Å². The van der Waals surface area contributed by atoms with Gasteiger partial charge in [-0.25, -0.2) is 15.0 Å². The number of hydrogen-bond donors (Lipinski definition) is 1. The molecule has 3 atom stereocenters. The number of carbonyl (C=O) groups is 5. The molecular weight excluding hydrogens is 612 g/mol. The second kappa shape index (κ2) is 17.8. The molecule has 2 saturated heterocycles. The standard InChI is InChI=1S/C33H48N4O10/c1-7-43-31(41)35-34-20-24-10-12-25(13-11-24)28(39)19-22(2)29(40)36-17-14-27(15-18-36)45-30(44-23(3)38)26-9-8-16-37(21-26)47-32(42)46-33(4,5)6/h10-13,20,22,26-27,30H,7-9,14-19,21H2,1-6H3,(H,35,41)/t22-,26?,30?/m1/s1. The first-order valence-corrected chi connectivity index (χ1v) is 16.1. The first-order chi connectivity index (χ1) is 22.2. The highest BCUT2D eigenvalue weighted by Crippen LogP contribution is 2.27. The summed E-state index contributed by atoms with van der Waals surface area (Å²) in [6, 6.07) is 6.71. The lowest BCUT2D eigenvalue weighted by molar-refractivity contribution is -0.230. The van der Waals surface area contributed by atoms with Gasteiger partial charge in [-0.2, -0.15) is 5.10 Å². The molecule has 2 amide bonds. The Morgan fingerprint density at radius 2 is 1.72 bits per heavy atom. The SMILES string of the molecule is CCOC(=O)NN=Cc1ccc(C(=O)C[C@@H](C)C(=O)N2CCC(OC(OC(C)=O)C3CCCN(OC(=O)OC(C)(C)C)C3)CC2)cc1. The summed E-state index contributed by atoms with van der Waals surface area (Å²) in [6.07, 6.45) is 1.51. The van der Waals surface area contributed by atoms with E-state index < -0.39 is 36.0 Å². The number of nitrogens with one attached hydrogen (secondary N) is 1. The molecule has 2 unspecified atom stereocenters. The third-order valence-electron chi connectivity index (χ3n) is 7.55. The maximum atomic E-state index is 13.2. The lowest BCUT2D eigenvalue weighted by atomic mass is 9.96. The van der Waals surface area contributed by atoms with Crippen molar-refractivity contribution in [2.24, 2.45) is 16.9 Å². The Labute approximate surface area is 276 Å². The van der Waals surface area contributed by atoms with Crippen molar-refractivity contribution in [2.75, 3.05) is 32.8 Å². The molecule has 260 valence electrons. The molecular formula is C33H48N4O10. The van der Waals surface area contributed by atoms with Crippen LogP contribution in [0.1, 0.15) is 89.6 Å². The molecule has 2 aliphatic rings. The summed E-state index contributed by atoms with van der Waals surface area (Å²) in [5, 5.41) is 5.31. The van der Waals surface area contributed by atoms with Crippen molar-refractivity contribution in [1.29, 1.82) is 0 Å². The van der Waals surface area contributed by atoms with Crippen LogP contribution in [-0.2, 0) is 33.4 Å². The molecule has 1 N–H and O–H groups in total. The number of rotatable bonds is 12. The molecule has 1 aromatic rings. The Bertz CT molecular complexity index is 1250. The molecule has 2 fully saturated rings. The van der Waals surface area contributed by atoms with E-state index in [4.69, 9.17) is 23.8 Å². The van der Waals surface area contributed by atoms with Crippen LogP contribution in [0, 0.1) is 11.8 Å². The number of amides is 2. The van der Waals surface area contributed by atoms with Crippen LogP contribution in [0.15, 0.2) is 29.4 Å². The molecule has 0 aromatic heterocycles. The van der Waals surface area contributed by atoms with Gasteiger partial charge in [0.05, 0.1) is 18.9 Å². The number of hydrazone groups is 1. The summed E-state index contributed by atoms with van der Waals surface area (Å²) in [4.78, 5) is 68.7. The number of hydroxylamine groups is 2. The first kappa shape index (κ1) is 37.4. The van der Waals surface area contributed by atoms with Gasteiger partial charge in [-0.1, -0.05) is 31.2 Å². The summed E-state index contributed by atoms with van der Waals surface area (Å²) >= 11 is 0. The minimum absolute atomic E-state index is 0.0607. The number of carbonyl (C=O) groups excluding carboxylic acids is 5. The minimum Gasteiger partial charge on any atom is -0.449 e. The fourth-order valence-electron chi connectivity index (χ4n) is 5.33. The zero-order valence-corrected chi connectivity index (χ0v) is 28.2. The monoisotopic (exact) mass is 660 g/mol. The lowest BCUT2D eigenvalue weighted by Crippen LogP contribution is -2.47. The molecule has 2 heterocycles. The van der Waals surface area contributed by atoms with Crippen LogP contribution in [-0.4, -0.2) is 96.9 Å². The zero-order valence-electron chi connectivity index (χ0n) is 28.2. The second-order valence-corrected chi connectivity index (χ2v) is 12.7. The van der Waals surface area contributed by atoms with Crippen LogP contribution in [0.4, 0.5) is 9.59 Å². The average Bonchev–Trinajstić information content (AvgIpc) is 3.00. The number of ketones is 1. The Morgan fingerprint density at radius 3 is 2.34 bits per heavy atom. The van der Waals surface area contributed by atoms with Crippen LogP contribution >= 0.6 is 0 Å². The molecule has 14 nitrogen and oxygen atoms in total. The number of likely N-dealkylation sites (tertiary alicyclic amines) is 1. The second-order valence-electron chi connectivity index (χ2n) is 12.7. The quantitative estimate of drug-likeness (QED) is 0.0842. The average molecular weight is 661 g/mol. The van der Waals surface area contributed by atoms with Gasteiger partial charge in [-0.15, -0.1) is 5.06 Å². The molecule has 0 spiro atoms. The van der Waals surface area contributed by atoms with Gasteiger partial charge >= 0.3 is 18.2 Å². The fraction of sp³-hybridized carbons (Fsp3) is 0.636. The highest BCUT2D eigenvalue weighted by atomic mass is 16.8. The number of esters is 1. The van der Waals surface area contributed by atoms with Crippen molar-refractivity contribution in [3.05, 3.63) is 35.4 Å². The number of nitrogens with zero attached hydrogens (tertiary/aromatic N) is 3. The molecule has 14 heteroatoms. The smallest absolute Gasteiger partial charge is 0.449 e. The molecule has 0 aliphatic carbocycles. The zero-order chi connectivity index (χ0) is 34.6. The Balaban J connectivity index is 1.47. The maximum absolute atomic E-state index is 13.2. The fourth-order valence-corrected chi connectivity index (χ4v) is 5.33. The van der Waals surface area contributed by atoms with Gasteiger partial charge in [0.1, 0.15) is 5.60 Å². The van der Waals surface area contributed by atoms with Crippen molar-refractivity contribution in [3.8, 4) is 0 Å². The van der Waals surface area contributed by atoms with Gasteiger partial charge in [0.25, 0.3) is 0 Å². The molecule has 2 aliphatic heterocycles. The van der Waals surface area contributed by atoms with Crippen molar-refractivity contribution in [3.63, 3.8) is 0 Å². The molecule has 47 heavy (non-hydrogen) atoms. The van der Waals surface area contributed by atoms with E-state index >= 15 is 0 Å². The van der Waals surface area contributed by atoms with Gasteiger partial charge in [-0.3, -0.25) is 14.4 Å². The predicted octanol–water partition coefficient (Wildman–Crippen LogP) is 4.45. The van der Waals surface area contributed by atoms with Crippen LogP contribution in [0.5, 0.6) is 0 Å². The van der Waals surface area contributed by atoms with E-state index in [9.17, 15) is 24.0 Å². The number of benzene rings is 1. The van der Waals surface area contributed by atoms with Crippen LogP contribution in [0.3, 0.4) is 0 Å². The maximum Gasteiger partial charge on any atom is 0.528 e. The Hall–Kier alpha value is -4.04. The largest absolute Gasteiger partial charge is 0.528 e. The number of Topliss-reactive ketones (excluding diaryl/α,β-unsaturated/α-hetero) is 1. The van der Waals surface area contributed by atoms with Crippen molar-refractivity contribution >= 4 is 36.1 Å². The van der Waals surface area contributed by atoms with Gasteiger partial charge < -0.3 is 28.7 Å². The third-order valence-corrected chi connectivity index (χ3v) is 7.55. The van der Waals surface area contributed by atoms with Crippen molar-refractivity contribution in [1.82, 2.24) is 15.4 Å². The van der Waals surface area contributed by atoms with Crippen LogP contribution < -0.4 is 5.43 Å². The summed E-state index contributed by atoms with van der Waals surface area (Å²) in [5.74, 6) is -1.46. The van der Waals surface area contributed by atoms with E-state index in [0.717, 1.165) is 6.42 Å². The molecule has 0 saturated carbocycles. The van der Waals surface area contributed by atoms with E-state index in [-0.39, 0.29) is 36.7 Å². The van der Waals surface area contributed by atoms with Gasteiger partial charge in [0.15, 0.2) is 5.78 Å². The summed E-state index contributed by atoms with van der Waals surface area (Å²) in [6.45, 7) is 12.0. The third kappa shape index (κ3) is 12.9. The summed E-state index contributed by atoms with van der Waals surface area (Å²) in [5.41, 5.74) is 2.70. The molecule has 0 radical (unpaired) electrons. The topological polar surface area (TPSA) is 162 Å². The highest BCUT2D eigenvalue weighted by molar-refractivity contribution is 5.99. The minimum atomic E-state index is -0.826. The van der Waals surface area contributed by atoms with Crippen LogP contribution in [0.25, 0.3) is 0 Å². The normalized spacial score (nSPS) is 19.0. The van der Waals surface area contributed by atoms with Gasteiger partial charge in [0.2, 0.25) is 12.2 Å². The molecule has 3 rings (SSSR count). The highest BCUT2D eigenvalue weighted by Gasteiger charge is 2.36. The van der Waals surface area contributed by atoms with E-state index in [0.29, 0.717) is 56.6 Å². The van der Waals surface area contributed by atoms with Crippen molar-refractivity contribution < 1.29 is 47.8 Å². The van der Waals surface area contributed by atoms with E-state index in [1.165, 1.54) is 18.2 Å². The van der Waals surface area contributed by atoms with Gasteiger partial charge in [-0.05, 0) is 58.9 Å². The lowest BCUT2D eigenvalue weighted by Gasteiger charge is -2.38. The number of piperidine rings is 2. The van der Waals surface area contributed by atoms with Gasteiger partial charge in [0, 0.05) is 56.9 Å². The number of ether oxygens (including phenoxy) is 4. The predicted molar refractivity (Wildman–Crippen MR) is 170 cm³/mol. The summed E-state index contributed by atoms with van der Waals surface area (Å²) < 4.78 is 21.8. The van der Waals surface area contributed by atoms with E-state index in [1.807, 2.05) is 0 Å². The van der Waals surface area contributed by atoms with Crippen LogP contribution in [0.2, 0.25) is 0 Å². The first-order valence-electron chi connectivity index (χ1n) is 16.1. The van der Waals surface area contributed by atoms with E-state index in [2.05, 4.69) is 10.5 Å². The Kier molecular flexibility index (Phi) is 14.1. The van der Waals surface area contributed by atoms with E-state index in [1.54, 1.807) is 63.8 Å². The molecule has 1 aromatic carbocycles.